The number of hydrogen-bond acceptors (Lipinski definition) is 3. The number of aryl methyl sites for hydroxylation is 1. The Morgan fingerprint density at radius 2 is 1.95 bits per heavy atom. The molecule has 0 radical (unpaired) electrons. The summed E-state index contributed by atoms with van der Waals surface area (Å²) in [6.45, 7) is 2.05. The Hall–Kier alpha value is -2.64. The lowest BCUT2D eigenvalue weighted by Gasteiger charge is -2.16. The van der Waals surface area contributed by atoms with Gasteiger partial charge in [-0.25, -0.2) is 0 Å². The monoisotopic (exact) mass is 279 g/mol. The van der Waals surface area contributed by atoms with E-state index in [1.807, 2.05) is 49.4 Å². The second-order valence-electron chi connectivity index (χ2n) is 4.80. The van der Waals surface area contributed by atoms with Crippen LogP contribution in [-0.2, 0) is 4.79 Å². The number of hydrogen-bond donors (Lipinski definition) is 2. The summed E-state index contributed by atoms with van der Waals surface area (Å²) in [6, 6.07) is 16.9. The topological polar surface area (TPSA) is 78.9 Å². The Morgan fingerprint density at radius 1 is 1.24 bits per heavy atom. The molecule has 0 aromatic heterocycles. The molecule has 0 aliphatic carbocycles. The van der Waals surface area contributed by atoms with E-state index < -0.39 is 5.92 Å². The van der Waals surface area contributed by atoms with Crippen molar-refractivity contribution >= 4 is 11.6 Å². The van der Waals surface area contributed by atoms with E-state index in [2.05, 4.69) is 11.4 Å². The van der Waals surface area contributed by atoms with Gasteiger partial charge >= 0.3 is 0 Å². The fourth-order valence-electron chi connectivity index (χ4n) is 2.22. The molecule has 0 spiro atoms. The average molecular weight is 279 g/mol. The Balaban J connectivity index is 2.25. The van der Waals surface area contributed by atoms with Crippen molar-refractivity contribution in [1.82, 2.24) is 0 Å². The normalized spacial score (nSPS) is 11.5. The summed E-state index contributed by atoms with van der Waals surface area (Å²) in [5.74, 6) is -0.635. The number of carbonyl (C=O) groups is 1. The lowest BCUT2D eigenvalue weighted by molar-refractivity contribution is -0.117. The van der Waals surface area contributed by atoms with E-state index in [1.54, 1.807) is 6.07 Å². The van der Waals surface area contributed by atoms with Crippen molar-refractivity contribution in [3.05, 3.63) is 65.2 Å². The molecular weight excluding hydrogens is 262 g/mol. The van der Waals surface area contributed by atoms with E-state index >= 15 is 0 Å². The van der Waals surface area contributed by atoms with E-state index in [4.69, 9.17) is 5.73 Å². The highest BCUT2D eigenvalue weighted by Gasteiger charge is 2.20. The van der Waals surface area contributed by atoms with Crippen molar-refractivity contribution in [3.8, 4) is 6.07 Å². The summed E-state index contributed by atoms with van der Waals surface area (Å²) in [7, 11) is 0. The molecule has 4 nitrogen and oxygen atoms in total. The number of carbonyl (C=O) groups excluding carboxylic acids is 1. The molecule has 0 aliphatic heterocycles. The van der Waals surface area contributed by atoms with Gasteiger partial charge in [0.15, 0.2) is 0 Å². The predicted molar refractivity (Wildman–Crippen MR) is 82.8 cm³/mol. The van der Waals surface area contributed by atoms with Crippen LogP contribution in [0.15, 0.2) is 48.5 Å². The molecule has 0 aliphatic rings. The molecule has 1 atom stereocenters. The van der Waals surface area contributed by atoms with E-state index in [0.717, 1.165) is 11.1 Å². The molecular formula is C17H17N3O. The van der Waals surface area contributed by atoms with Crippen molar-refractivity contribution in [2.75, 3.05) is 11.9 Å². The van der Waals surface area contributed by atoms with Gasteiger partial charge in [-0.1, -0.05) is 42.5 Å². The molecule has 0 heterocycles. The maximum absolute atomic E-state index is 12.4. The molecule has 21 heavy (non-hydrogen) atoms. The minimum Gasteiger partial charge on any atom is -0.329 e. The fourth-order valence-corrected chi connectivity index (χ4v) is 2.22. The number of benzene rings is 2. The number of rotatable bonds is 4. The van der Waals surface area contributed by atoms with E-state index in [9.17, 15) is 10.1 Å². The molecule has 0 saturated heterocycles. The van der Waals surface area contributed by atoms with Gasteiger partial charge < -0.3 is 11.1 Å². The van der Waals surface area contributed by atoms with Gasteiger partial charge in [0.05, 0.1) is 17.2 Å². The molecule has 3 N–H and O–H groups in total. The van der Waals surface area contributed by atoms with Gasteiger partial charge in [0.1, 0.15) is 6.07 Å². The van der Waals surface area contributed by atoms with Crippen LogP contribution in [0.4, 0.5) is 5.69 Å². The summed E-state index contributed by atoms with van der Waals surface area (Å²) in [4.78, 5) is 12.4. The minimum absolute atomic E-state index is 0.203. The highest BCUT2D eigenvalue weighted by Crippen LogP contribution is 2.21. The molecule has 1 amide bonds. The van der Waals surface area contributed by atoms with Gasteiger partial charge in [-0.05, 0) is 24.1 Å². The molecule has 2 aromatic carbocycles. The summed E-state index contributed by atoms with van der Waals surface area (Å²) in [6.07, 6.45) is 0. The fraction of sp³-hybridized carbons (Fsp3) is 0.176. The Kier molecular flexibility index (Phi) is 4.70. The van der Waals surface area contributed by atoms with Crippen LogP contribution in [0.3, 0.4) is 0 Å². The molecule has 106 valence electrons. The third kappa shape index (κ3) is 3.28. The second-order valence-corrected chi connectivity index (χ2v) is 4.80. The third-order valence-corrected chi connectivity index (χ3v) is 3.40. The lowest BCUT2D eigenvalue weighted by Crippen LogP contribution is -2.27. The van der Waals surface area contributed by atoms with Crippen molar-refractivity contribution in [3.63, 3.8) is 0 Å². The third-order valence-electron chi connectivity index (χ3n) is 3.40. The minimum atomic E-state index is -0.432. The van der Waals surface area contributed by atoms with Gasteiger partial charge in [-0.15, -0.1) is 0 Å². The number of amides is 1. The van der Waals surface area contributed by atoms with Crippen LogP contribution >= 0.6 is 0 Å². The summed E-state index contributed by atoms with van der Waals surface area (Å²) >= 11 is 0. The predicted octanol–water partition coefficient (Wildman–Crippen LogP) is 2.55. The van der Waals surface area contributed by atoms with E-state index in [0.29, 0.717) is 11.3 Å². The smallest absolute Gasteiger partial charge is 0.233 e. The first kappa shape index (κ1) is 14.8. The zero-order valence-electron chi connectivity index (χ0n) is 11.8. The standard InChI is InChI=1S/C17H17N3O/c1-12-6-5-9-16(14(12)10-18)20-17(21)15(11-19)13-7-3-2-4-8-13/h2-9,15H,11,19H2,1H3,(H,20,21). The summed E-state index contributed by atoms with van der Waals surface area (Å²) < 4.78 is 0. The number of nitrogens with two attached hydrogens (primary N) is 1. The first-order valence-corrected chi connectivity index (χ1v) is 6.73. The van der Waals surface area contributed by atoms with Gasteiger partial charge in [-0.2, -0.15) is 5.26 Å². The van der Waals surface area contributed by atoms with Crippen molar-refractivity contribution in [2.45, 2.75) is 12.8 Å². The van der Waals surface area contributed by atoms with E-state index in [-0.39, 0.29) is 12.5 Å². The highest BCUT2D eigenvalue weighted by atomic mass is 16.1. The Bertz CT molecular complexity index is 674. The largest absolute Gasteiger partial charge is 0.329 e. The zero-order valence-corrected chi connectivity index (χ0v) is 11.8. The van der Waals surface area contributed by atoms with Gasteiger partial charge in [0.2, 0.25) is 5.91 Å². The van der Waals surface area contributed by atoms with Gasteiger partial charge in [0, 0.05) is 6.54 Å². The zero-order chi connectivity index (χ0) is 15.2. The molecule has 0 saturated carbocycles. The number of nitrogens with one attached hydrogen (secondary N) is 1. The lowest BCUT2D eigenvalue weighted by atomic mass is 9.98. The molecule has 2 aromatic rings. The van der Waals surface area contributed by atoms with Crippen LogP contribution in [0.2, 0.25) is 0 Å². The Labute approximate surface area is 124 Å². The SMILES string of the molecule is Cc1cccc(NC(=O)C(CN)c2ccccc2)c1C#N. The van der Waals surface area contributed by atoms with Crippen molar-refractivity contribution < 1.29 is 4.79 Å². The maximum Gasteiger partial charge on any atom is 0.233 e. The molecule has 2 rings (SSSR count). The number of anilines is 1. The van der Waals surface area contributed by atoms with Crippen LogP contribution in [-0.4, -0.2) is 12.5 Å². The first-order valence-electron chi connectivity index (χ1n) is 6.73. The molecule has 0 fully saturated rings. The Morgan fingerprint density at radius 3 is 2.57 bits per heavy atom. The summed E-state index contributed by atoms with van der Waals surface area (Å²) in [5, 5.41) is 12.0. The summed E-state index contributed by atoms with van der Waals surface area (Å²) in [5.41, 5.74) is 8.44. The van der Waals surface area contributed by atoms with Crippen LogP contribution in [0.1, 0.15) is 22.6 Å². The number of nitriles is 1. The molecule has 0 bridgehead atoms. The first-order chi connectivity index (χ1) is 10.2. The molecule has 4 heteroatoms. The second kappa shape index (κ2) is 6.69. The van der Waals surface area contributed by atoms with Crippen LogP contribution in [0, 0.1) is 18.3 Å². The van der Waals surface area contributed by atoms with Crippen molar-refractivity contribution in [1.29, 1.82) is 5.26 Å². The van der Waals surface area contributed by atoms with Crippen LogP contribution < -0.4 is 11.1 Å². The quantitative estimate of drug-likeness (QED) is 0.902. The van der Waals surface area contributed by atoms with Crippen LogP contribution in [0.5, 0.6) is 0 Å². The van der Waals surface area contributed by atoms with Crippen LogP contribution in [0.25, 0.3) is 0 Å². The van der Waals surface area contributed by atoms with E-state index in [1.165, 1.54) is 0 Å². The number of nitrogens with zero attached hydrogens (tertiary/aromatic N) is 1. The highest BCUT2D eigenvalue weighted by molar-refractivity contribution is 5.97. The van der Waals surface area contributed by atoms with Gasteiger partial charge in [0.25, 0.3) is 0 Å². The average Bonchev–Trinajstić information content (AvgIpc) is 2.49. The van der Waals surface area contributed by atoms with Gasteiger partial charge in [-0.3, -0.25) is 4.79 Å². The van der Waals surface area contributed by atoms with Crippen molar-refractivity contribution in [2.24, 2.45) is 5.73 Å². The maximum atomic E-state index is 12.4. The molecule has 1 unspecified atom stereocenters.